The summed E-state index contributed by atoms with van der Waals surface area (Å²) in [5.74, 6) is -0.761. The normalized spacial score (nSPS) is 21.7. The number of carboxylic acid groups (broad SMARTS) is 1. The largest absolute Gasteiger partial charge is 0.465 e. The Labute approximate surface area is 139 Å². The molecule has 1 N–H and O–H groups in total. The zero-order chi connectivity index (χ0) is 17.3. The van der Waals surface area contributed by atoms with Crippen LogP contribution in [0.1, 0.15) is 32.4 Å². The topological polar surface area (TPSA) is 60.9 Å². The zero-order valence-electron chi connectivity index (χ0n) is 13.3. The van der Waals surface area contributed by atoms with Crippen LogP contribution in [0.3, 0.4) is 0 Å². The molecule has 0 spiro atoms. The minimum Gasteiger partial charge on any atom is -0.465 e. The maximum Gasteiger partial charge on any atom is 0.407 e. The smallest absolute Gasteiger partial charge is 0.407 e. The Morgan fingerprint density at radius 1 is 1.30 bits per heavy atom. The van der Waals surface area contributed by atoms with Gasteiger partial charge in [-0.2, -0.15) is 0 Å². The molecule has 0 aliphatic carbocycles. The average Bonchev–Trinajstić information content (AvgIpc) is 2.49. The van der Waals surface area contributed by atoms with E-state index in [0.29, 0.717) is 5.56 Å². The maximum atomic E-state index is 13.4. The van der Waals surface area contributed by atoms with Crippen LogP contribution in [0.5, 0.6) is 0 Å². The molecular weight excluding hydrogens is 323 g/mol. The second kappa shape index (κ2) is 6.74. The molecule has 126 valence electrons. The highest BCUT2D eigenvalue weighted by atomic mass is 35.5. The van der Waals surface area contributed by atoms with Crippen LogP contribution < -0.4 is 0 Å². The molecule has 0 bridgehead atoms. The molecule has 7 heteroatoms. The van der Waals surface area contributed by atoms with Crippen LogP contribution in [0.25, 0.3) is 0 Å². The zero-order valence-corrected chi connectivity index (χ0v) is 14.0. The molecule has 2 atom stereocenters. The van der Waals surface area contributed by atoms with Crippen LogP contribution in [0.15, 0.2) is 18.2 Å². The van der Waals surface area contributed by atoms with Gasteiger partial charge in [-0.1, -0.05) is 31.5 Å². The Bertz CT molecular complexity index is 623. The first-order chi connectivity index (χ1) is 10.7. The molecule has 1 saturated heterocycles. The number of piperazine rings is 1. The summed E-state index contributed by atoms with van der Waals surface area (Å²) in [5, 5.41) is 9.40. The number of nitrogens with zero attached hydrogens (tertiary/aromatic N) is 2. The van der Waals surface area contributed by atoms with E-state index in [1.807, 2.05) is 20.8 Å². The van der Waals surface area contributed by atoms with Gasteiger partial charge >= 0.3 is 6.09 Å². The lowest BCUT2D eigenvalue weighted by molar-refractivity contribution is -0.140. The number of rotatable bonds is 2. The standard InChI is InChI=1S/C16H20ClFN2O3/c1-9(2)15(21)19-8-14(20(16(22)23)7-10(19)3)11-4-5-13(18)12(17)6-11/h4-6,9-10,14H,7-8H2,1-3H3,(H,22,23)/t10-,14-/m1/s1. The van der Waals surface area contributed by atoms with Crippen molar-refractivity contribution in [3.8, 4) is 0 Å². The third kappa shape index (κ3) is 3.58. The van der Waals surface area contributed by atoms with E-state index in [-0.39, 0.29) is 36.0 Å². The molecule has 0 saturated carbocycles. The lowest BCUT2D eigenvalue weighted by atomic mass is 9.98. The van der Waals surface area contributed by atoms with Gasteiger partial charge in [-0.25, -0.2) is 9.18 Å². The van der Waals surface area contributed by atoms with Crippen molar-refractivity contribution in [3.63, 3.8) is 0 Å². The van der Waals surface area contributed by atoms with Gasteiger partial charge in [-0.05, 0) is 24.6 Å². The van der Waals surface area contributed by atoms with Crippen molar-refractivity contribution in [3.05, 3.63) is 34.6 Å². The van der Waals surface area contributed by atoms with E-state index in [2.05, 4.69) is 0 Å². The molecule has 2 amide bonds. The predicted molar refractivity (Wildman–Crippen MR) is 84.9 cm³/mol. The van der Waals surface area contributed by atoms with E-state index >= 15 is 0 Å². The summed E-state index contributed by atoms with van der Waals surface area (Å²) in [6.07, 6.45) is -1.07. The van der Waals surface area contributed by atoms with Crippen LogP contribution >= 0.6 is 11.6 Å². The summed E-state index contributed by atoms with van der Waals surface area (Å²) in [6.45, 7) is 5.87. The quantitative estimate of drug-likeness (QED) is 0.896. The van der Waals surface area contributed by atoms with Gasteiger partial charge in [0.1, 0.15) is 5.82 Å². The second-order valence-electron chi connectivity index (χ2n) is 6.12. The molecule has 1 aliphatic rings. The van der Waals surface area contributed by atoms with Crippen molar-refractivity contribution in [1.82, 2.24) is 9.80 Å². The summed E-state index contributed by atoms with van der Waals surface area (Å²) in [4.78, 5) is 26.9. The van der Waals surface area contributed by atoms with Crippen molar-refractivity contribution < 1.29 is 19.1 Å². The number of amides is 2. The predicted octanol–water partition coefficient (Wildman–Crippen LogP) is 3.39. The second-order valence-corrected chi connectivity index (χ2v) is 6.53. The van der Waals surface area contributed by atoms with Crippen molar-refractivity contribution in [2.45, 2.75) is 32.9 Å². The van der Waals surface area contributed by atoms with Gasteiger partial charge in [0, 0.05) is 25.0 Å². The maximum absolute atomic E-state index is 13.4. The SMILES string of the molecule is CC(C)C(=O)N1C[C@H](c2ccc(F)c(Cl)c2)N(C(=O)O)C[C@H]1C. The Hall–Kier alpha value is -1.82. The highest BCUT2D eigenvalue weighted by Crippen LogP contribution is 2.31. The van der Waals surface area contributed by atoms with Crippen LogP contribution in [-0.2, 0) is 4.79 Å². The lowest BCUT2D eigenvalue weighted by Crippen LogP contribution is -2.57. The molecular formula is C16H20ClFN2O3. The molecule has 1 heterocycles. The van der Waals surface area contributed by atoms with Gasteiger partial charge in [-0.3, -0.25) is 9.69 Å². The third-order valence-corrected chi connectivity index (χ3v) is 4.38. The van der Waals surface area contributed by atoms with E-state index in [9.17, 15) is 19.1 Å². The van der Waals surface area contributed by atoms with Gasteiger partial charge in [0.15, 0.2) is 0 Å². The van der Waals surface area contributed by atoms with E-state index in [1.165, 1.54) is 23.1 Å². The summed E-state index contributed by atoms with van der Waals surface area (Å²) in [5.41, 5.74) is 0.576. The highest BCUT2D eigenvalue weighted by molar-refractivity contribution is 6.30. The first-order valence-electron chi connectivity index (χ1n) is 7.47. The van der Waals surface area contributed by atoms with Crippen LogP contribution in [0.2, 0.25) is 5.02 Å². The van der Waals surface area contributed by atoms with Crippen LogP contribution in [0, 0.1) is 11.7 Å². The lowest BCUT2D eigenvalue weighted by Gasteiger charge is -2.44. The number of carbonyl (C=O) groups is 2. The fourth-order valence-corrected chi connectivity index (χ4v) is 3.02. The summed E-state index contributed by atoms with van der Waals surface area (Å²) in [6, 6.07) is 3.36. The Morgan fingerprint density at radius 3 is 2.48 bits per heavy atom. The summed E-state index contributed by atoms with van der Waals surface area (Å²) in [7, 11) is 0. The molecule has 5 nitrogen and oxygen atoms in total. The first kappa shape index (κ1) is 17.5. The van der Waals surface area contributed by atoms with Gasteiger partial charge in [0.05, 0.1) is 11.1 Å². The summed E-state index contributed by atoms with van der Waals surface area (Å²) < 4.78 is 13.4. The summed E-state index contributed by atoms with van der Waals surface area (Å²) >= 11 is 5.82. The minimum atomic E-state index is -1.07. The average molecular weight is 343 g/mol. The molecule has 1 aliphatic heterocycles. The monoisotopic (exact) mass is 342 g/mol. The Morgan fingerprint density at radius 2 is 1.96 bits per heavy atom. The van der Waals surface area contributed by atoms with Crippen molar-refractivity contribution in [2.75, 3.05) is 13.1 Å². The molecule has 0 unspecified atom stereocenters. The van der Waals surface area contributed by atoms with Crippen molar-refractivity contribution >= 4 is 23.6 Å². The number of carbonyl (C=O) groups excluding carboxylic acids is 1. The van der Waals surface area contributed by atoms with E-state index in [1.54, 1.807) is 4.90 Å². The number of hydrogen-bond acceptors (Lipinski definition) is 2. The first-order valence-corrected chi connectivity index (χ1v) is 7.85. The van der Waals surface area contributed by atoms with Crippen molar-refractivity contribution in [1.29, 1.82) is 0 Å². The molecule has 0 radical (unpaired) electrons. The fourth-order valence-electron chi connectivity index (χ4n) is 2.83. The minimum absolute atomic E-state index is 0.0271. The number of hydrogen-bond donors (Lipinski definition) is 1. The van der Waals surface area contributed by atoms with Gasteiger partial charge in [0.2, 0.25) is 5.91 Å². The highest BCUT2D eigenvalue weighted by Gasteiger charge is 2.38. The van der Waals surface area contributed by atoms with Gasteiger partial charge < -0.3 is 10.0 Å². The molecule has 1 aromatic rings. The third-order valence-electron chi connectivity index (χ3n) is 4.09. The Balaban J connectivity index is 2.37. The molecule has 1 fully saturated rings. The van der Waals surface area contributed by atoms with Crippen LogP contribution in [-0.4, -0.2) is 46.0 Å². The van der Waals surface area contributed by atoms with Crippen LogP contribution in [0.4, 0.5) is 9.18 Å². The number of benzene rings is 1. The molecule has 23 heavy (non-hydrogen) atoms. The Kier molecular flexibility index (Phi) is 5.14. The van der Waals surface area contributed by atoms with E-state index in [4.69, 9.17) is 11.6 Å². The molecule has 2 rings (SSSR count). The molecule has 0 aromatic heterocycles. The van der Waals surface area contributed by atoms with E-state index in [0.717, 1.165) is 0 Å². The fraction of sp³-hybridized carbons (Fsp3) is 0.500. The van der Waals surface area contributed by atoms with Gasteiger partial charge in [-0.15, -0.1) is 0 Å². The van der Waals surface area contributed by atoms with E-state index < -0.39 is 18.0 Å². The number of halogens is 2. The molecule has 1 aromatic carbocycles. The van der Waals surface area contributed by atoms with Gasteiger partial charge in [0.25, 0.3) is 0 Å². The van der Waals surface area contributed by atoms with Crippen molar-refractivity contribution in [2.24, 2.45) is 5.92 Å².